The molecule has 17 heavy (non-hydrogen) atoms. The van der Waals surface area contributed by atoms with Gasteiger partial charge in [-0.15, -0.1) is 0 Å². The molecule has 3 heteroatoms. The van der Waals surface area contributed by atoms with E-state index in [2.05, 4.69) is 30.3 Å². The van der Waals surface area contributed by atoms with Crippen LogP contribution < -0.4 is 5.32 Å². The van der Waals surface area contributed by atoms with Gasteiger partial charge in [0.25, 0.3) is 0 Å². The molecule has 0 aliphatic carbocycles. The molecule has 98 valence electrons. The summed E-state index contributed by atoms with van der Waals surface area (Å²) in [6.45, 7) is 7.42. The number of aromatic nitrogens is 2. The number of unbranched alkanes of at least 4 members (excludes halogenated alkanes) is 5. The molecule has 0 spiro atoms. The van der Waals surface area contributed by atoms with E-state index in [1.54, 1.807) is 0 Å². The standard InChI is InChI=1S/C14H27N3/c1-3-5-6-7-8-9-11-15-13-14-10-12-16-17(14)4-2/h10,12,15H,3-9,11,13H2,1-2H3. The summed E-state index contributed by atoms with van der Waals surface area (Å²) in [7, 11) is 0. The second kappa shape index (κ2) is 9.23. The van der Waals surface area contributed by atoms with Gasteiger partial charge in [-0.05, 0) is 26.0 Å². The van der Waals surface area contributed by atoms with Gasteiger partial charge >= 0.3 is 0 Å². The van der Waals surface area contributed by atoms with Crippen molar-refractivity contribution < 1.29 is 0 Å². The first kappa shape index (κ1) is 14.2. The first-order valence-electron chi connectivity index (χ1n) is 7.09. The zero-order chi connectivity index (χ0) is 12.3. The molecule has 0 aliphatic rings. The lowest BCUT2D eigenvalue weighted by Gasteiger charge is -2.06. The Kier molecular flexibility index (Phi) is 7.72. The highest BCUT2D eigenvalue weighted by Gasteiger charge is 1.98. The molecule has 1 aromatic rings. The number of hydrogen-bond acceptors (Lipinski definition) is 2. The molecule has 0 unspecified atom stereocenters. The fourth-order valence-electron chi connectivity index (χ4n) is 2.04. The molecule has 1 rings (SSSR count). The monoisotopic (exact) mass is 237 g/mol. The summed E-state index contributed by atoms with van der Waals surface area (Å²) in [5, 5.41) is 7.75. The normalized spacial score (nSPS) is 10.9. The Hall–Kier alpha value is -0.830. The maximum absolute atomic E-state index is 4.26. The van der Waals surface area contributed by atoms with Gasteiger partial charge in [0.15, 0.2) is 0 Å². The van der Waals surface area contributed by atoms with E-state index in [0.717, 1.165) is 19.6 Å². The van der Waals surface area contributed by atoms with Crippen LogP contribution >= 0.6 is 0 Å². The van der Waals surface area contributed by atoms with E-state index < -0.39 is 0 Å². The van der Waals surface area contributed by atoms with E-state index in [1.165, 1.54) is 44.2 Å². The van der Waals surface area contributed by atoms with Gasteiger partial charge in [0.05, 0.1) is 5.69 Å². The van der Waals surface area contributed by atoms with Gasteiger partial charge in [0.1, 0.15) is 0 Å². The number of hydrogen-bond donors (Lipinski definition) is 1. The summed E-state index contributed by atoms with van der Waals surface area (Å²) in [6, 6.07) is 2.09. The van der Waals surface area contributed by atoms with Crippen molar-refractivity contribution in [3.8, 4) is 0 Å². The molecule has 0 amide bonds. The van der Waals surface area contributed by atoms with Crippen LogP contribution in [0.1, 0.15) is 58.1 Å². The molecule has 0 aliphatic heterocycles. The highest BCUT2D eigenvalue weighted by molar-refractivity contribution is 4.99. The Bertz CT molecular complexity index is 281. The van der Waals surface area contributed by atoms with Gasteiger partial charge in [-0.25, -0.2) is 0 Å². The predicted octanol–water partition coefficient (Wildman–Crippen LogP) is 3.35. The van der Waals surface area contributed by atoms with Crippen LogP contribution in [0.15, 0.2) is 12.3 Å². The van der Waals surface area contributed by atoms with Crippen LogP contribution in [0.25, 0.3) is 0 Å². The quantitative estimate of drug-likeness (QED) is 0.632. The first-order chi connectivity index (χ1) is 8.38. The lowest BCUT2D eigenvalue weighted by molar-refractivity contribution is 0.548. The molecule has 0 aromatic carbocycles. The second-order valence-corrected chi connectivity index (χ2v) is 4.58. The maximum atomic E-state index is 4.26. The molecule has 1 N–H and O–H groups in total. The van der Waals surface area contributed by atoms with Crippen molar-refractivity contribution >= 4 is 0 Å². The third-order valence-electron chi connectivity index (χ3n) is 3.12. The van der Waals surface area contributed by atoms with Gasteiger partial charge < -0.3 is 5.32 Å². The Balaban J connectivity index is 1.97. The molecule has 3 nitrogen and oxygen atoms in total. The molecule has 0 radical (unpaired) electrons. The summed E-state index contributed by atoms with van der Waals surface area (Å²) in [5.41, 5.74) is 1.29. The number of nitrogens with one attached hydrogen (secondary N) is 1. The van der Waals surface area contributed by atoms with Crippen LogP contribution in [0.4, 0.5) is 0 Å². The molecule has 0 saturated carbocycles. The molecule has 1 aromatic heterocycles. The minimum atomic E-state index is 0.947. The van der Waals surface area contributed by atoms with Crippen LogP contribution in [0.2, 0.25) is 0 Å². The van der Waals surface area contributed by atoms with E-state index >= 15 is 0 Å². The lowest BCUT2D eigenvalue weighted by Crippen LogP contribution is -2.17. The van der Waals surface area contributed by atoms with Gasteiger partial charge in [-0.1, -0.05) is 39.0 Å². The number of rotatable bonds is 10. The second-order valence-electron chi connectivity index (χ2n) is 4.58. The summed E-state index contributed by atoms with van der Waals surface area (Å²) in [4.78, 5) is 0. The van der Waals surface area contributed by atoms with Crippen molar-refractivity contribution in [3.63, 3.8) is 0 Å². The lowest BCUT2D eigenvalue weighted by atomic mass is 10.1. The largest absolute Gasteiger partial charge is 0.311 e. The van der Waals surface area contributed by atoms with E-state index in [1.807, 2.05) is 10.9 Å². The summed E-state index contributed by atoms with van der Waals surface area (Å²) >= 11 is 0. The molecule has 0 bridgehead atoms. The fraction of sp³-hybridized carbons (Fsp3) is 0.786. The van der Waals surface area contributed by atoms with Crippen LogP contribution in [0.3, 0.4) is 0 Å². The Labute approximate surface area is 106 Å². The predicted molar refractivity (Wildman–Crippen MR) is 73.0 cm³/mol. The van der Waals surface area contributed by atoms with Crippen molar-refractivity contribution in [1.82, 2.24) is 15.1 Å². The van der Waals surface area contributed by atoms with Crippen LogP contribution in [-0.4, -0.2) is 16.3 Å². The van der Waals surface area contributed by atoms with Gasteiger partial charge in [-0.3, -0.25) is 4.68 Å². The van der Waals surface area contributed by atoms with Crippen molar-refractivity contribution in [1.29, 1.82) is 0 Å². The van der Waals surface area contributed by atoms with E-state index in [4.69, 9.17) is 0 Å². The van der Waals surface area contributed by atoms with Crippen molar-refractivity contribution in [2.75, 3.05) is 6.54 Å². The van der Waals surface area contributed by atoms with Gasteiger partial charge in [-0.2, -0.15) is 5.10 Å². The Morgan fingerprint density at radius 1 is 1.12 bits per heavy atom. The summed E-state index contributed by atoms with van der Waals surface area (Å²) < 4.78 is 2.05. The smallest absolute Gasteiger partial charge is 0.0521 e. The molecular formula is C14H27N3. The Morgan fingerprint density at radius 3 is 2.65 bits per heavy atom. The summed E-state index contributed by atoms with van der Waals surface area (Å²) in [5.74, 6) is 0. The number of aryl methyl sites for hydroxylation is 1. The third-order valence-corrected chi connectivity index (χ3v) is 3.12. The SMILES string of the molecule is CCCCCCCCNCc1ccnn1CC. The van der Waals surface area contributed by atoms with Crippen molar-refractivity contribution in [2.45, 2.75) is 65.5 Å². The fourth-order valence-corrected chi connectivity index (χ4v) is 2.04. The van der Waals surface area contributed by atoms with Crippen LogP contribution in [0, 0.1) is 0 Å². The molecule has 0 fully saturated rings. The molecule has 0 atom stereocenters. The van der Waals surface area contributed by atoms with Crippen LogP contribution in [-0.2, 0) is 13.1 Å². The Morgan fingerprint density at radius 2 is 1.88 bits per heavy atom. The van der Waals surface area contributed by atoms with Gasteiger partial charge in [0, 0.05) is 19.3 Å². The highest BCUT2D eigenvalue weighted by atomic mass is 15.3. The van der Waals surface area contributed by atoms with E-state index in [-0.39, 0.29) is 0 Å². The topological polar surface area (TPSA) is 29.9 Å². The summed E-state index contributed by atoms with van der Waals surface area (Å²) in [6.07, 6.45) is 10.1. The first-order valence-corrected chi connectivity index (χ1v) is 7.09. The van der Waals surface area contributed by atoms with Gasteiger partial charge in [0.2, 0.25) is 0 Å². The minimum Gasteiger partial charge on any atom is -0.311 e. The molecular weight excluding hydrogens is 210 g/mol. The highest BCUT2D eigenvalue weighted by Crippen LogP contribution is 2.04. The van der Waals surface area contributed by atoms with E-state index in [0.29, 0.717) is 0 Å². The maximum Gasteiger partial charge on any atom is 0.0521 e. The van der Waals surface area contributed by atoms with E-state index in [9.17, 15) is 0 Å². The van der Waals surface area contributed by atoms with Crippen molar-refractivity contribution in [3.05, 3.63) is 18.0 Å². The number of nitrogens with zero attached hydrogens (tertiary/aromatic N) is 2. The molecule has 0 saturated heterocycles. The zero-order valence-corrected chi connectivity index (χ0v) is 11.4. The molecule has 1 heterocycles. The average Bonchev–Trinajstić information content (AvgIpc) is 2.80. The minimum absolute atomic E-state index is 0.947. The van der Waals surface area contributed by atoms with Crippen molar-refractivity contribution in [2.24, 2.45) is 0 Å². The average molecular weight is 237 g/mol. The third kappa shape index (κ3) is 5.87. The van der Waals surface area contributed by atoms with Crippen LogP contribution in [0.5, 0.6) is 0 Å². The zero-order valence-electron chi connectivity index (χ0n) is 11.4.